The number of nitrogens with one attached hydrogen (secondary N) is 1. The quantitative estimate of drug-likeness (QED) is 0.725. The Labute approximate surface area is 148 Å². The zero-order valence-electron chi connectivity index (χ0n) is 14.6. The van der Waals surface area contributed by atoms with Crippen molar-refractivity contribution in [2.45, 2.75) is 25.9 Å². The first-order valence-electron chi connectivity index (χ1n) is 8.27. The van der Waals surface area contributed by atoms with Gasteiger partial charge in [0.05, 0.1) is 0 Å². The van der Waals surface area contributed by atoms with Gasteiger partial charge in [-0.15, -0.1) is 0 Å². The third-order valence-electron chi connectivity index (χ3n) is 3.59. The van der Waals surface area contributed by atoms with Gasteiger partial charge in [-0.25, -0.2) is 0 Å². The maximum atomic E-state index is 12.1. The van der Waals surface area contributed by atoms with Crippen LogP contribution in [-0.4, -0.2) is 34.8 Å². The fourth-order valence-corrected chi connectivity index (χ4v) is 2.15. The number of ether oxygens (including phenoxy) is 1. The summed E-state index contributed by atoms with van der Waals surface area (Å²) < 4.78 is 5.81. The van der Waals surface area contributed by atoms with Crippen molar-refractivity contribution in [3.05, 3.63) is 59.9 Å². The zero-order valence-corrected chi connectivity index (χ0v) is 14.6. The van der Waals surface area contributed by atoms with Gasteiger partial charge in [0.15, 0.2) is 5.60 Å². The van der Waals surface area contributed by atoms with Crippen LogP contribution in [-0.2, 0) is 4.79 Å². The maximum Gasteiger partial charge on any atom is 0.263 e. The van der Waals surface area contributed by atoms with Crippen molar-refractivity contribution in [2.75, 3.05) is 13.2 Å². The van der Waals surface area contributed by atoms with Crippen molar-refractivity contribution in [3.63, 3.8) is 0 Å². The monoisotopic (exact) mass is 340 g/mol. The number of hydrogen-bond acceptors (Lipinski definition) is 4. The third kappa shape index (κ3) is 6.04. The van der Waals surface area contributed by atoms with Crippen LogP contribution in [0.5, 0.6) is 5.75 Å². The lowest BCUT2D eigenvalue weighted by Crippen LogP contribution is -2.46. The van der Waals surface area contributed by atoms with Gasteiger partial charge >= 0.3 is 0 Å². The number of aliphatic hydroxyl groups is 1. The molecule has 1 amide bonds. The van der Waals surface area contributed by atoms with Crippen LogP contribution in [0.2, 0.25) is 0 Å². The Morgan fingerprint density at radius 3 is 2.32 bits per heavy atom. The lowest BCUT2D eigenvalue weighted by atomic mass is 10.1. The smallest absolute Gasteiger partial charge is 0.263 e. The van der Waals surface area contributed by atoms with Crippen LogP contribution in [0.4, 0.5) is 0 Å². The molecule has 0 radical (unpaired) electrons. The van der Waals surface area contributed by atoms with Gasteiger partial charge in [-0.2, -0.15) is 0 Å². The summed E-state index contributed by atoms with van der Waals surface area (Å²) in [6.07, 6.45) is 8.05. The van der Waals surface area contributed by atoms with Crippen molar-refractivity contribution < 1.29 is 14.6 Å². The summed E-state index contributed by atoms with van der Waals surface area (Å²) in [6, 6.07) is 11.4. The van der Waals surface area contributed by atoms with E-state index in [2.05, 4.69) is 10.3 Å². The Balaban J connectivity index is 1.95. The molecule has 5 heteroatoms. The molecule has 0 aliphatic rings. The van der Waals surface area contributed by atoms with Crippen LogP contribution in [0.1, 0.15) is 31.4 Å². The molecule has 25 heavy (non-hydrogen) atoms. The first-order chi connectivity index (χ1) is 12.0. The lowest BCUT2D eigenvalue weighted by Gasteiger charge is -2.25. The Bertz CT molecular complexity index is 695. The van der Waals surface area contributed by atoms with Gasteiger partial charge in [-0.05, 0) is 55.7 Å². The average molecular weight is 340 g/mol. The van der Waals surface area contributed by atoms with Gasteiger partial charge in [-0.3, -0.25) is 9.78 Å². The second kappa shape index (κ2) is 8.99. The van der Waals surface area contributed by atoms with E-state index in [4.69, 9.17) is 9.84 Å². The molecule has 2 N–H and O–H groups in total. The molecule has 1 aromatic carbocycles. The summed E-state index contributed by atoms with van der Waals surface area (Å²) in [7, 11) is 0. The zero-order chi connectivity index (χ0) is 18.1. The minimum absolute atomic E-state index is 0.0516. The van der Waals surface area contributed by atoms with Crippen molar-refractivity contribution in [1.82, 2.24) is 10.3 Å². The largest absolute Gasteiger partial charge is 0.478 e. The van der Waals surface area contributed by atoms with E-state index in [1.165, 1.54) is 0 Å². The van der Waals surface area contributed by atoms with Gasteiger partial charge < -0.3 is 15.2 Å². The molecule has 2 rings (SSSR count). The molecule has 0 aliphatic heterocycles. The molecule has 0 atom stereocenters. The van der Waals surface area contributed by atoms with Crippen molar-refractivity contribution >= 4 is 18.1 Å². The van der Waals surface area contributed by atoms with Gasteiger partial charge in [0, 0.05) is 25.5 Å². The highest BCUT2D eigenvalue weighted by Gasteiger charge is 2.29. The van der Waals surface area contributed by atoms with E-state index in [1.54, 1.807) is 26.2 Å². The summed E-state index contributed by atoms with van der Waals surface area (Å²) in [5.74, 6) is 0.422. The Morgan fingerprint density at radius 2 is 1.72 bits per heavy atom. The predicted octanol–water partition coefficient (Wildman–Crippen LogP) is 2.91. The number of pyridine rings is 1. The number of nitrogens with zero attached hydrogens (tertiary/aromatic N) is 1. The number of aromatic nitrogens is 1. The summed E-state index contributed by atoms with van der Waals surface area (Å²) >= 11 is 0. The topological polar surface area (TPSA) is 71.5 Å². The normalized spacial score (nSPS) is 11.5. The van der Waals surface area contributed by atoms with Crippen molar-refractivity contribution in [1.29, 1.82) is 0 Å². The van der Waals surface area contributed by atoms with Crippen LogP contribution >= 0.6 is 0 Å². The molecule has 0 aliphatic carbocycles. The Kier molecular flexibility index (Phi) is 6.71. The van der Waals surface area contributed by atoms with E-state index in [9.17, 15) is 4.79 Å². The summed E-state index contributed by atoms with van der Waals surface area (Å²) in [4.78, 5) is 16.1. The van der Waals surface area contributed by atoms with E-state index in [1.807, 2.05) is 48.6 Å². The molecule has 0 spiro atoms. The van der Waals surface area contributed by atoms with Crippen LogP contribution < -0.4 is 10.1 Å². The molecule has 0 bridgehead atoms. The van der Waals surface area contributed by atoms with Gasteiger partial charge in [-0.1, -0.05) is 24.3 Å². The number of aliphatic hydroxyl groups excluding tert-OH is 1. The third-order valence-corrected chi connectivity index (χ3v) is 3.59. The molecule has 5 nitrogen and oxygen atoms in total. The number of hydrogen-bond donors (Lipinski definition) is 2. The molecule has 0 fully saturated rings. The van der Waals surface area contributed by atoms with E-state index >= 15 is 0 Å². The van der Waals surface area contributed by atoms with Crippen LogP contribution in [0, 0.1) is 0 Å². The molecular formula is C20H24N2O3. The second-order valence-corrected chi connectivity index (χ2v) is 6.13. The first-order valence-corrected chi connectivity index (χ1v) is 8.27. The van der Waals surface area contributed by atoms with E-state index in [0.717, 1.165) is 11.1 Å². The number of carbonyl (C=O) groups excluding carboxylic acids is 1. The molecule has 0 saturated heterocycles. The van der Waals surface area contributed by atoms with Crippen molar-refractivity contribution in [2.24, 2.45) is 0 Å². The maximum absolute atomic E-state index is 12.1. The number of amides is 1. The van der Waals surface area contributed by atoms with E-state index in [-0.39, 0.29) is 12.5 Å². The van der Waals surface area contributed by atoms with E-state index in [0.29, 0.717) is 18.7 Å². The lowest BCUT2D eigenvalue weighted by molar-refractivity contribution is -0.134. The summed E-state index contributed by atoms with van der Waals surface area (Å²) in [5, 5.41) is 11.5. The fourth-order valence-electron chi connectivity index (χ4n) is 2.15. The first kappa shape index (κ1) is 18.7. The molecule has 1 heterocycles. The minimum Gasteiger partial charge on any atom is -0.478 e. The Hall–Kier alpha value is -2.66. The van der Waals surface area contributed by atoms with Gasteiger partial charge in [0.2, 0.25) is 0 Å². The Morgan fingerprint density at radius 1 is 1.12 bits per heavy atom. The van der Waals surface area contributed by atoms with Gasteiger partial charge in [0.25, 0.3) is 5.91 Å². The summed E-state index contributed by atoms with van der Waals surface area (Å²) in [6.45, 7) is 3.92. The number of carbonyl (C=O) groups is 1. The number of benzene rings is 1. The summed E-state index contributed by atoms with van der Waals surface area (Å²) in [5.41, 5.74) is 1.13. The molecular weight excluding hydrogens is 316 g/mol. The number of rotatable bonds is 8. The van der Waals surface area contributed by atoms with Crippen LogP contribution in [0.15, 0.2) is 48.8 Å². The molecule has 132 valence electrons. The highest BCUT2D eigenvalue weighted by molar-refractivity contribution is 5.84. The standard InChI is InChI=1S/C20H24N2O3/c1-20(2,19(24)22-12-3-15-23)25-18-8-6-16(7-9-18)4-5-17-10-13-21-14-11-17/h4-11,13-14,23H,3,12,15H2,1-2H3,(H,22,24)/b5-4+. The van der Waals surface area contributed by atoms with E-state index < -0.39 is 5.60 Å². The molecule has 0 unspecified atom stereocenters. The van der Waals surface area contributed by atoms with Gasteiger partial charge in [0.1, 0.15) is 5.75 Å². The van der Waals surface area contributed by atoms with Crippen molar-refractivity contribution in [3.8, 4) is 5.75 Å². The van der Waals surface area contributed by atoms with Crippen LogP contribution in [0.25, 0.3) is 12.2 Å². The minimum atomic E-state index is -0.982. The highest BCUT2D eigenvalue weighted by atomic mass is 16.5. The molecule has 2 aromatic rings. The predicted molar refractivity (Wildman–Crippen MR) is 99.0 cm³/mol. The fraction of sp³-hybridized carbons (Fsp3) is 0.300. The highest BCUT2D eigenvalue weighted by Crippen LogP contribution is 2.20. The molecule has 1 aromatic heterocycles. The SMILES string of the molecule is CC(C)(Oc1ccc(/C=C/c2ccncc2)cc1)C(=O)NCCCO. The van der Waals surface area contributed by atoms with Crippen LogP contribution in [0.3, 0.4) is 0 Å². The molecule has 0 saturated carbocycles. The average Bonchev–Trinajstić information content (AvgIpc) is 2.62. The second-order valence-electron chi connectivity index (χ2n) is 6.13.